The van der Waals surface area contributed by atoms with Crippen LogP contribution < -0.4 is 10.6 Å². The van der Waals surface area contributed by atoms with Crippen molar-refractivity contribution in [3.05, 3.63) is 77.5 Å². The quantitative estimate of drug-likeness (QED) is 0.749. The molecule has 0 aliphatic carbocycles. The van der Waals surface area contributed by atoms with Crippen molar-refractivity contribution in [3.8, 4) is 6.07 Å². The zero-order chi connectivity index (χ0) is 18.5. The Hall–Kier alpha value is -3.79. The molecule has 0 spiro atoms. The van der Waals surface area contributed by atoms with E-state index in [1.54, 1.807) is 43.3 Å². The number of anilines is 3. The number of para-hydroxylation sites is 1. The zero-order valence-corrected chi connectivity index (χ0v) is 13.8. The number of aryl methyl sites for hydroxylation is 1. The lowest BCUT2D eigenvalue weighted by Crippen LogP contribution is -2.16. The van der Waals surface area contributed by atoms with Gasteiger partial charge in [-0.25, -0.2) is 14.4 Å². The molecule has 1 heterocycles. The monoisotopic (exact) mass is 347 g/mol. The highest BCUT2D eigenvalue weighted by atomic mass is 19.1. The summed E-state index contributed by atoms with van der Waals surface area (Å²) < 4.78 is 13.0. The maximum absolute atomic E-state index is 13.0. The minimum atomic E-state index is -0.458. The summed E-state index contributed by atoms with van der Waals surface area (Å²) in [6, 6.07) is 16.0. The largest absolute Gasteiger partial charge is 0.340 e. The Morgan fingerprint density at radius 1 is 1.12 bits per heavy atom. The lowest BCUT2D eigenvalue weighted by atomic mass is 10.2. The highest BCUT2D eigenvalue weighted by Crippen LogP contribution is 2.18. The normalized spacial score (nSPS) is 10.0. The number of carbonyl (C=O) groups is 1. The van der Waals surface area contributed by atoms with Crippen LogP contribution in [-0.4, -0.2) is 15.9 Å². The molecule has 0 fully saturated rings. The Labute approximate surface area is 149 Å². The lowest BCUT2D eigenvalue weighted by Gasteiger charge is -2.10. The fraction of sp³-hybridized carbons (Fsp3) is 0.0526. The Balaban J connectivity index is 1.83. The van der Waals surface area contributed by atoms with Crippen LogP contribution in [0.1, 0.15) is 21.9 Å². The van der Waals surface area contributed by atoms with Crippen molar-refractivity contribution in [2.45, 2.75) is 6.92 Å². The molecule has 0 bridgehead atoms. The number of halogens is 1. The van der Waals surface area contributed by atoms with Gasteiger partial charge in [0.2, 0.25) is 0 Å². The third kappa shape index (κ3) is 3.99. The van der Waals surface area contributed by atoms with Crippen LogP contribution >= 0.6 is 0 Å². The summed E-state index contributed by atoms with van der Waals surface area (Å²) in [6.45, 7) is 1.66. The third-order valence-electron chi connectivity index (χ3n) is 3.48. The van der Waals surface area contributed by atoms with E-state index in [1.165, 1.54) is 18.2 Å². The maximum atomic E-state index is 13.0. The summed E-state index contributed by atoms with van der Waals surface area (Å²) in [5.74, 6) is 0.00431. The SMILES string of the molecule is Cc1nc(Nc2ccc(F)cc2)cc(C(=O)Nc2ccccc2C#N)n1. The van der Waals surface area contributed by atoms with Gasteiger partial charge in [-0.15, -0.1) is 0 Å². The van der Waals surface area contributed by atoms with Gasteiger partial charge >= 0.3 is 0 Å². The fourth-order valence-corrected chi connectivity index (χ4v) is 2.31. The number of carbonyl (C=O) groups excluding carboxylic acids is 1. The van der Waals surface area contributed by atoms with E-state index in [2.05, 4.69) is 20.6 Å². The molecule has 2 N–H and O–H groups in total. The van der Waals surface area contributed by atoms with Crippen molar-refractivity contribution in [2.75, 3.05) is 10.6 Å². The number of aromatic nitrogens is 2. The standard InChI is InChI=1S/C19H14FN5O/c1-12-22-17(19(26)25-16-5-3-2-4-13(16)11-21)10-18(23-12)24-15-8-6-14(20)7-9-15/h2-10H,1H3,(H,25,26)(H,22,23,24). The van der Waals surface area contributed by atoms with Crippen LogP contribution in [0.2, 0.25) is 0 Å². The molecule has 7 heteroatoms. The van der Waals surface area contributed by atoms with E-state index in [0.717, 1.165) is 0 Å². The Kier molecular flexibility index (Phi) is 4.85. The van der Waals surface area contributed by atoms with Gasteiger partial charge < -0.3 is 10.6 Å². The molecule has 6 nitrogen and oxygen atoms in total. The first-order valence-corrected chi connectivity index (χ1v) is 7.74. The van der Waals surface area contributed by atoms with Crippen molar-refractivity contribution in [1.29, 1.82) is 5.26 Å². The van der Waals surface area contributed by atoms with Crippen LogP contribution in [0, 0.1) is 24.1 Å². The zero-order valence-electron chi connectivity index (χ0n) is 13.8. The smallest absolute Gasteiger partial charge is 0.274 e. The molecule has 1 aromatic heterocycles. The van der Waals surface area contributed by atoms with E-state index < -0.39 is 5.91 Å². The molecule has 26 heavy (non-hydrogen) atoms. The van der Waals surface area contributed by atoms with Gasteiger partial charge in [0.15, 0.2) is 0 Å². The van der Waals surface area contributed by atoms with Gasteiger partial charge in [0, 0.05) is 11.8 Å². The Bertz CT molecular complexity index is 996. The molecule has 3 aromatic rings. The summed E-state index contributed by atoms with van der Waals surface area (Å²) in [4.78, 5) is 20.9. The van der Waals surface area contributed by atoms with Crippen molar-refractivity contribution in [3.63, 3.8) is 0 Å². The minimum absolute atomic E-state index is 0.148. The topological polar surface area (TPSA) is 90.7 Å². The second kappa shape index (κ2) is 7.40. The van der Waals surface area contributed by atoms with E-state index in [9.17, 15) is 9.18 Å². The molecule has 3 rings (SSSR count). The van der Waals surface area contributed by atoms with Gasteiger partial charge in [-0.1, -0.05) is 12.1 Å². The fourth-order valence-electron chi connectivity index (χ4n) is 2.31. The number of nitrogens with zero attached hydrogens (tertiary/aromatic N) is 3. The number of amides is 1. The highest BCUT2D eigenvalue weighted by Gasteiger charge is 2.13. The third-order valence-corrected chi connectivity index (χ3v) is 3.48. The van der Waals surface area contributed by atoms with Crippen molar-refractivity contribution in [2.24, 2.45) is 0 Å². The number of benzene rings is 2. The summed E-state index contributed by atoms with van der Waals surface area (Å²) in [6.07, 6.45) is 0. The molecular formula is C19H14FN5O. The molecule has 0 unspecified atom stereocenters. The molecule has 0 aliphatic rings. The van der Waals surface area contributed by atoms with Gasteiger partial charge in [-0.3, -0.25) is 4.79 Å². The van der Waals surface area contributed by atoms with Crippen LogP contribution in [0.5, 0.6) is 0 Å². The number of hydrogen-bond donors (Lipinski definition) is 2. The highest BCUT2D eigenvalue weighted by molar-refractivity contribution is 6.04. The van der Waals surface area contributed by atoms with Gasteiger partial charge in [0.1, 0.15) is 29.2 Å². The van der Waals surface area contributed by atoms with Crippen molar-refractivity contribution in [1.82, 2.24) is 9.97 Å². The molecule has 0 atom stereocenters. The summed E-state index contributed by atoms with van der Waals surface area (Å²) in [5, 5.41) is 14.8. The Morgan fingerprint density at radius 2 is 1.85 bits per heavy atom. The lowest BCUT2D eigenvalue weighted by molar-refractivity contribution is 0.102. The molecule has 128 valence electrons. The van der Waals surface area contributed by atoms with Gasteiger partial charge in [-0.05, 0) is 43.3 Å². The van der Waals surface area contributed by atoms with E-state index >= 15 is 0 Å². The average molecular weight is 347 g/mol. The number of hydrogen-bond acceptors (Lipinski definition) is 5. The summed E-state index contributed by atoms with van der Waals surface area (Å²) in [5.41, 5.74) is 1.54. The van der Waals surface area contributed by atoms with E-state index in [0.29, 0.717) is 28.6 Å². The first-order chi connectivity index (χ1) is 12.5. The van der Waals surface area contributed by atoms with Crippen LogP contribution in [0.4, 0.5) is 21.6 Å². The van der Waals surface area contributed by atoms with E-state index in [-0.39, 0.29) is 11.5 Å². The Morgan fingerprint density at radius 3 is 2.58 bits per heavy atom. The molecule has 0 saturated carbocycles. The van der Waals surface area contributed by atoms with E-state index in [1.807, 2.05) is 6.07 Å². The van der Waals surface area contributed by atoms with Crippen molar-refractivity contribution < 1.29 is 9.18 Å². The molecule has 0 aliphatic heterocycles. The second-order valence-corrected chi connectivity index (χ2v) is 5.43. The average Bonchev–Trinajstić information content (AvgIpc) is 2.63. The molecule has 0 saturated heterocycles. The molecule has 0 radical (unpaired) electrons. The maximum Gasteiger partial charge on any atom is 0.274 e. The minimum Gasteiger partial charge on any atom is -0.340 e. The van der Waals surface area contributed by atoms with E-state index in [4.69, 9.17) is 5.26 Å². The van der Waals surface area contributed by atoms with Crippen LogP contribution in [-0.2, 0) is 0 Å². The summed E-state index contributed by atoms with van der Waals surface area (Å²) >= 11 is 0. The van der Waals surface area contributed by atoms with Gasteiger partial charge in [0.05, 0.1) is 11.3 Å². The number of nitrogens with one attached hydrogen (secondary N) is 2. The first-order valence-electron chi connectivity index (χ1n) is 7.74. The predicted octanol–water partition coefficient (Wildman–Crippen LogP) is 3.79. The number of nitriles is 1. The molecular weight excluding hydrogens is 333 g/mol. The predicted molar refractivity (Wildman–Crippen MR) is 95.6 cm³/mol. The van der Waals surface area contributed by atoms with Crippen LogP contribution in [0.15, 0.2) is 54.6 Å². The molecule has 2 aromatic carbocycles. The van der Waals surface area contributed by atoms with Crippen molar-refractivity contribution >= 4 is 23.1 Å². The van der Waals surface area contributed by atoms with Crippen LogP contribution in [0.3, 0.4) is 0 Å². The molecule has 1 amide bonds. The van der Waals surface area contributed by atoms with Gasteiger partial charge in [0.25, 0.3) is 5.91 Å². The number of rotatable bonds is 4. The second-order valence-electron chi connectivity index (χ2n) is 5.43. The van der Waals surface area contributed by atoms with Gasteiger partial charge in [-0.2, -0.15) is 5.26 Å². The van der Waals surface area contributed by atoms with Crippen LogP contribution in [0.25, 0.3) is 0 Å². The first kappa shape index (κ1) is 17.0. The summed E-state index contributed by atoms with van der Waals surface area (Å²) in [7, 11) is 0.